The Balaban J connectivity index is 1.84. The summed E-state index contributed by atoms with van der Waals surface area (Å²) in [7, 11) is 1.94. The molecule has 0 aliphatic carbocycles. The van der Waals surface area contributed by atoms with E-state index in [1.165, 1.54) is 23.1 Å². The lowest BCUT2D eigenvalue weighted by atomic mass is 10.3. The molecule has 1 aromatic carbocycles. The maximum absolute atomic E-state index is 12.5. The fourth-order valence-corrected chi connectivity index (χ4v) is 3.83. The number of hydrogen-bond donors (Lipinski definition) is 1. The normalized spacial score (nSPS) is 10.7. The van der Waals surface area contributed by atoms with Crippen LogP contribution < -0.4 is 5.32 Å². The van der Waals surface area contributed by atoms with Gasteiger partial charge in [-0.2, -0.15) is 0 Å². The minimum atomic E-state index is -0.124. The predicted octanol–water partition coefficient (Wildman–Crippen LogP) is 3.90. The lowest BCUT2D eigenvalue weighted by molar-refractivity contribution is 0.102. The number of carbonyl (C=O) groups is 1. The van der Waals surface area contributed by atoms with Gasteiger partial charge < -0.3 is 9.88 Å². The first kappa shape index (κ1) is 15.8. The van der Waals surface area contributed by atoms with Crippen molar-refractivity contribution in [3.63, 3.8) is 0 Å². The van der Waals surface area contributed by atoms with Crippen LogP contribution in [0.15, 0.2) is 46.7 Å². The molecule has 0 fully saturated rings. The smallest absolute Gasteiger partial charge is 0.267 e. The first-order valence-corrected chi connectivity index (χ1v) is 8.67. The topological polar surface area (TPSA) is 59.8 Å². The van der Waals surface area contributed by atoms with Gasteiger partial charge in [-0.15, -0.1) is 11.3 Å². The largest absolute Gasteiger partial charge is 0.329 e. The predicted molar refractivity (Wildman–Crippen MR) is 93.3 cm³/mol. The van der Waals surface area contributed by atoms with Gasteiger partial charge in [0.1, 0.15) is 4.88 Å². The number of amides is 1. The zero-order valence-electron chi connectivity index (χ0n) is 13.0. The van der Waals surface area contributed by atoms with Gasteiger partial charge in [0.05, 0.1) is 16.4 Å². The number of para-hydroxylation sites is 1. The van der Waals surface area contributed by atoms with Crippen molar-refractivity contribution in [3.8, 4) is 0 Å². The number of anilines is 1. The molecule has 2 aromatic heterocycles. The molecule has 0 bridgehead atoms. The number of hydrogen-bond acceptors (Lipinski definition) is 5. The monoisotopic (exact) mass is 344 g/mol. The molecule has 0 spiro atoms. The Hall–Kier alpha value is -2.12. The number of thiazole rings is 1. The van der Waals surface area contributed by atoms with Gasteiger partial charge in [-0.05, 0) is 37.7 Å². The van der Waals surface area contributed by atoms with Gasteiger partial charge in [0.15, 0.2) is 5.16 Å². The molecule has 2 heterocycles. The van der Waals surface area contributed by atoms with Gasteiger partial charge in [0.25, 0.3) is 5.91 Å². The van der Waals surface area contributed by atoms with E-state index in [2.05, 4.69) is 15.3 Å². The number of benzene rings is 1. The second-order valence-electron chi connectivity index (χ2n) is 5.02. The zero-order chi connectivity index (χ0) is 16.4. The summed E-state index contributed by atoms with van der Waals surface area (Å²) < 4.78 is 1.94. The van der Waals surface area contributed by atoms with Crippen molar-refractivity contribution in [2.24, 2.45) is 7.05 Å². The van der Waals surface area contributed by atoms with Crippen LogP contribution >= 0.6 is 23.1 Å². The quantitative estimate of drug-likeness (QED) is 0.780. The van der Waals surface area contributed by atoms with Crippen LogP contribution in [0, 0.1) is 13.8 Å². The second kappa shape index (κ2) is 6.55. The van der Waals surface area contributed by atoms with Crippen LogP contribution in [0.25, 0.3) is 0 Å². The van der Waals surface area contributed by atoms with E-state index in [0.717, 1.165) is 26.4 Å². The summed E-state index contributed by atoms with van der Waals surface area (Å²) >= 11 is 2.93. The Kier molecular flexibility index (Phi) is 4.49. The third-order valence-electron chi connectivity index (χ3n) is 3.22. The summed E-state index contributed by atoms with van der Waals surface area (Å²) in [6, 6.07) is 7.72. The summed E-state index contributed by atoms with van der Waals surface area (Å²) in [5.74, 6) is -0.124. The highest BCUT2D eigenvalue weighted by Crippen LogP contribution is 2.32. The van der Waals surface area contributed by atoms with Crippen LogP contribution in [0.5, 0.6) is 0 Å². The highest BCUT2D eigenvalue weighted by molar-refractivity contribution is 7.99. The molecule has 0 unspecified atom stereocenters. The lowest BCUT2D eigenvalue weighted by Crippen LogP contribution is -2.12. The summed E-state index contributed by atoms with van der Waals surface area (Å²) in [5.41, 5.74) is 1.54. The minimum Gasteiger partial charge on any atom is -0.329 e. The molecule has 23 heavy (non-hydrogen) atoms. The van der Waals surface area contributed by atoms with Crippen molar-refractivity contribution in [1.29, 1.82) is 0 Å². The van der Waals surface area contributed by atoms with Gasteiger partial charge in [-0.25, -0.2) is 9.97 Å². The molecular weight excluding hydrogens is 328 g/mol. The SMILES string of the molecule is Cc1nc(C)c(C(=O)Nc2ccccc2Sc2nccn2C)s1. The van der Waals surface area contributed by atoms with Crippen LogP contribution in [0.1, 0.15) is 20.4 Å². The van der Waals surface area contributed by atoms with Crippen LogP contribution in [-0.2, 0) is 7.05 Å². The third-order valence-corrected chi connectivity index (χ3v) is 5.45. The fraction of sp³-hybridized carbons (Fsp3) is 0.188. The molecule has 1 amide bonds. The van der Waals surface area contributed by atoms with Gasteiger partial charge in [0, 0.05) is 24.3 Å². The fourth-order valence-electron chi connectivity index (χ4n) is 2.13. The van der Waals surface area contributed by atoms with Crippen molar-refractivity contribution in [1.82, 2.24) is 14.5 Å². The van der Waals surface area contributed by atoms with E-state index in [4.69, 9.17) is 0 Å². The highest BCUT2D eigenvalue weighted by atomic mass is 32.2. The average molecular weight is 344 g/mol. The van der Waals surface area contributed by atoms with Gasteiger partial charge >= 0.3 is 0 Å². The molecule has 118 valence electrons. The number of aromatic nitrogens is 3. The Labute approximate surface area is 142 Å². The number of nitrogens with one attached hydrogen (secondary N) is 1. The van der Waals surface area contributed by atoms with E-state index in [-0.39, 0.29) is 5.91 Å². The maximum atomic E-state index is 12.5. The van der Waals surface area contributed by atoms with E-state index in [1.807, 2.05) is 55.9 Å². The Morgan fingerprint density at radius 1 is 1.30 bits per heavy atom. The van der Waals surface area contributed by atoms with Crippen LogP contribution in [0.4, 0.5) is 5.69 Å². The molecule has 0 saturated heterocycles. The Bertz CT molecular complexity index is 853. The van der Waals surface area contributed by atoms with E-state index in [0.29, 0.717) is 4.88 Å². The second-order valence-corrected chi connectivity index (χ2v) is 7.23. The van der Waals surface area contributed by atoms with Crippen molar-refractivity contribution in [2.75, 3.05) is 5.32 Å². The molecule has 0 aliphatic rings. The van der Waals surface area contributed by atoms with Crippen molar-refractivity contribution < 1.29 is 4.79 Å². The number of carbonyl (C=O) groups excluding carboxylic acids is 1. The molecule has 0 aliphatic heterocycles. The summed E-state index contributed by atoms with van der Waals surface area (Å²) in [5, 5.41) is 4.75. The number of aryl methyl sites for hydroxylation is 3. The van der Waals surface area contributed by atoms with Crippen molar-refractivity contribution in [3.05, 3.63) is 52.2 Å². The summed E-state index contributed by atoms with van der Waals surface area (Å²) in [6.45, 7) is 3.76. The number of imidazole rings is 1. The zero-order valence-corrected chi connectivity index (χ0v) is 14.7. The van der Waals surface area contributed by atoms with Crippen LogP contribution in [-0.4, -0.2) is 20.4 Å². The molecule has 7 heteroatoms. The first-order chi connectivity index (χ1) is 11.0. The molecule has 0 saturated carbocycles. The maximum Gasteiger partial charge on any atom is 0.267 e. The highest BCUT2D eigenvalue weighted by Gasteiger charge is 2.16. The molecule has 1 N–H and O–H groups in total. The summed E-state index contributed by atoms with van der Waals surface area (Å²) in [6.07, 6.45) is 3.65. The van der Waals surface area contributed by atoms with Crippen molar-refractivity contribution >= 4 is 34.7 Å². The Morgan fingerprint density at radius 2 is 2.09 bits per heavy atom. The molecule has 5 nitrogen and oxygen atoms in total. The number of rotatable bonds is 4. The molecular formula is C16H16N4OS2. The first-order valence-electron chi connectivity index (χ1n) is 7.04. The average Bonchev–Trinajstić information content (AvgIpc) is 3.06. The number of nitrogens with zero attached hydrogens (tertiary/aromatic N) is 3. The molecule has 0 atom stereocenters. The standard InChI is InChI=1S/C16H16N4OS2/c1-10-14(22-11(2)18-10)15(21)19-12-6-4-5-7-13(12)23-16-17-8-9-20(16)3/h4-9H,1-3H3,(H,19,21). The van der Waals surface area contributed by atoms with Gasteiger partial charge in [0.2, 0.25) is 0 Å². The van der Waals surface area contributed by atoms with E-state index in [9.17, 15) is 4.79 Å². The molecule has 3 rings (SSSR count). The van der Waals surface area contributed by atoms with Crippen LogP contribution in [0.3, 0.4) is 0 Å². The van der Waals surface area contributed by atoms with Crippen LogP contribution in [0.2, 0.25) is 0 Å². The van der Waals surface area contributed by atoms with E-state index in [1.54, 1.807) is 6.20 Å². The molecule has 0 radical (unpaired) electrons. The Morgan fingerprint density at radius 3 is 2.74 bits per heavy atom. The van der Waals surface area contributed by atoms with Crippen molar-refractivity contribution in [2.45, 2.75) is 23.9 Å². The summed E-state index contributed by atoms with van der Waals surface area (Å²) in [4.78, 5) is 22.7. The third kappa shape index (κ3) is 3.46. The lowest BCUT2D eigenvalue weighted by Gasteiger charge is -2.10. The minimum absolute atomic E-state index is 0.124. The molecule has 3 aromatic rings. The van der Waals surface area contributed by atoms with E-state index >= 15 is 0 Å². The van der Waals surface area contributed by atoms with E-state index < -0.39 is 0 Å². The van der Waals surface area contributed by atoms with Gasteiger partial charge in [-0.1, -0.05) is 12.1 Å². The van der Waals surface area contributed by atoms with Gasteiger partial charge in [-0.3, -0.25) is 4.79 Å².